The van der Waals surface area contributed by atoms with Gasteiger partial charge in [-0.05, 0) is 40.4 Å². The van der Waals surface area contributed by atoms with Crippen molar-refractivity contribution in [2.45, 2.75) is 32.2 Å². The molecule has 92 valence electrons. The topological polar surface area (TPSA) is 52.7 Å². The monoisotopic (exact) mass is 227 g/mol. The Balaban J connectivity index is 2.62. The predicted molar refractivity (Wildman–Crippen MR) is 62.1 cm³/mol. The largest absolute Gasteiger partial charge is 0.325 e. The van der Waals surface area contributed by atoms with Crippen LogP contribution in [-0.2, 0) is 4.79 Å². The van der Waals surface area contributed by atoms with Crippen molar-refractivity contribution >= 4 is 11.9 Å². The zero-order valence-corrected chi connectivity index (χ0v) is 10.5. The summed E-state index contributed by atoms with van der Waals surface area (Å²) >= 11 is 0. The third kappa shape index (κ3) is 2.35. The van der Waals surface area contributed by atoms with Crippen LogP contribution in [0, 0.1) is 0 Å². The van der Waals surface area contributed by atoms with E-state index in [1.807, 2.05) is 27.9 Å². The van der Waals surface area contributed by atoms with Gasteiger partial charge in [-0.15, -0.1) is 0 Å². The summed E-state index contributed by atoms with van der Waals surface area (Å²) in [5.41, 5.74) is -0.663. The van der Waals surface area contributed by atoms with Gasteiger partial charge in [0.1, 0.15) is 5.54 Å². The first-order valence-electron chi connectivity index (χ1n) is 5.69. The molecule has 0 aromatic carbocycles. The summed E-state index contributed by atoms with van der Waals surface area (Å²) in [6.07, 6.45) is 1.52. The molecule has 1 aliphatic rings. The maximum Gasteiger partial charge on any atom is 0.325 e. The molecule has 0 radical (unpaired) electrons. The third-order valence-electron chi connectivity index (χ3n) is 3.23. The molecule has 0 aromatic rings. The van der Waals surface area contributed by atoms with Crippen molar-refractivity contribution in [1.29, 1.82) is 0 Å². The van der Waals surface area contributed by atoms with E-state index in [1.165, 1.54) is 0 Å². The second-order valence-corrected chi connectivity index (χ2v) is 4.70. The van der Waals surface area contributed by atoms with Gasteiger partial charge in [0, 0.05) is 6.54 Å². The maximum atomic E-state index is 11.7. The van der Waals surface area contributed by atoms with Crippen LogP contribution in [0.1, 0.15) is 26.7 Å². The lowest BCUT2D eigenvalue weighted by Crippen LogP contribution is -2.47. The molecule has 0 bridgehead atoms. The number of hydrogen-bond acceptors (Lipinski definition) is 3. The van der Waals surface area contributed by atoms with Gasteiger partial charge in [0.2, 0.25) is 0 Å². The van der Waals surface area contributed by atoms with Crippen molar-refractivity contribution < 1.29 is 9.59 Å². The minimum Gasteiger partial charge on any atom is -0.310 e. The van der Waals surface area contributed by atoms with Crippen LogP contribution in [0.25, 0.3) is 0 Å². The summed E-state index contributed by atoms with van der Waals surface area (Å²) < 4.78 is 0. The molecule has 0 spiro atoms. The first-order valence-corrected chi connectivity index (χ1v) is 5.69. The van der Waals surface area contributed by atoms with Gasteiger partial charge in [-0.1, -0.05) is 6.92 Å². The van der Waals surface area contributed by atoms with Crippen molar-refractivity contribution in [3.8, 4) is 0 Å². The highest BCUT2D eigenvalue weighted by Crippen LogP contribution is 2.25. The van der Waals surface area contributed by atoms with E-state index in [1.54, 1.807) is 4.90 Å². The molecule has 1 rings (SSSR count). The summed E-state index contributed by atoms with van der Waals surface area (Å²) in [6, 6.07) is -0.256. The highest BCUT2D eigenvalue weighted by Gasteiger charge is 2.47. The second kappa shape index (κ2) is 4.82. The van der Waals surface area contributed by atoms with Crippen molar-refractivity contribution in [3.05, 3.63) is 0 Å². The lowest BCUT2D eigenvalue weighted by molar-refractivity contribution is -0.126. The van der Waals surface area contributed by atoms with Crippen LogP contribution in [0.15, 0.2) is 0 Å². The van der Waals surface area contributed by atoms with Gasteiger partial charge in [0.25, 0.3) is 5.91 Å². The van der Waals surface area contributed by atoms with E-state index in [0.29, 0.717) is 13.0 Å². The van der Waals surface area contributed by atoms with Crippen molar-refractivity contribution in [3.63, 3.8) is 0 Å². The molecule has 1 aliphatic heterocycles. The Labute approximate surface area is 96.8 Å². The number of carbonyl (C=O) groups is 2. The van der Waals surface area contributed by atoms with E-state index >= 15 is 0 Å². The zero-order valence-electron chi connectivity index (χ0n) is 10.5. The van der Waals surface area contributed by atoms with Crippen LogP contribution < -0.4 is 5.32 Å². The Hall–Kier alpha value is -1.10. The summed E-state index contributed by atoms with van der Waals surface area (Å²) in [5, 5.41) is 2.38. The zero-order chi connectivity index (χ0) is 12.3. The van der Waals surface area contributed by atoms with Gasteiger partial charge >= 0.3 is 6.03 Å². The van der Waals surface area contributed by atoms with Gasteiger partial charge < -0.3 is 9.80 Å². The fourth-order valence-electron chi connectivity index (χ4n) is 1.89. The lowest BCUT2D eigenvalue weighted by atomic mass is 9.97. The summed E-state index contributed by atoms with van der Waals surface area (Å²) in [5.74, 6) is -0.176. The van der Waals surface area contributed by atoms with Gasteiger partial charge in [-0.25, -0.2) is 4.79 Å². The lowest BCUT2D eigenvalue weighted by Gasteiger charge is -2.31. The molecule has 3 amide bonds. The van der Waals surface area contributed by atoms with Gasteiger partial charge in [-0.3, -0.25) is 10.1 Å². The Bertz CT molecular complexity index is 291. The van der Waals surface area contributed by atoms with E-state index in [-0.39, 0.29) is 11.9 Å². The molecule has 1 heterocycles. The number of nitrogens with zero attached hydrogens (tertiary/aromatic N) is 2. The van der Waals surface area contributed by atoms with E-state index in [2.05, 4.69) is 10.2 Å². The Kier molecular flexibility index (Phi) is 3.91. The quantitative estimate of drug-likeness (QED) is 0.702. The molecule has 16 heavy (non-hydrogen) atoms. The molecular formula is C11H21N3O2. The molecule has 5 nitrogen and oxygen atoms in total. The normalized spacial score (nSPS) is 25.4. The van der Waals surface area contributed by atoms with E-state index in [0.717, 1.165) is 13.0 Å². The standard InChI is InChI=1S/C11H21N3O2/c1-5-11(2)9(15)12-10(16)14(11)8-6-7-13(3)4/h5-8H2,1-4H3,(H,12,15,16). The molecule has 1 atom stereocenters. The number of amides is 3. The van der Waals surface area contributed by atoms with Crippen molar-refractivity contribution in [2.24, 2.45) is 0 Å². The number of nitrogens with one attached hydrogen (secondary N) is 1. The van der Waals surface area contributed by atoms with E-state index < -0.39 is 5.54 Å². The van der Waals surface area contributed by atoms with Gasteiger partial charge in [0.05, 0.1) is 0 Å². The summed E-state index contributed by atoms with van der Waals surface area (Å²) in [6.45, 7) is 5.29. The minimum absolute atomic E-state index is 0.176. The molecular weight excluding hydrogens is 206 g/mol. The molecule has 1 saturated heterocycles. The van der Waals surface area contributed by atoms with Crippen molar-refractivity contribution in [1.82, 2.24) is 15.1 Å². The van der Waals surface area contributed by atoms with Crippen LogP contribution in [0.2, 0.25) is 0 Å². The second-order valence-electron chi connectivity index (χ2n) is 4.70. The van der Waals surface area contributed by atoms with Gasteiger partial charge in [-0.2, -0.15) is 0 Å². The van der Waals surface area contributed by atoms with Crippen LogP contribution in [0.5, 0.6) is 0 Å². The Morgan fingerprint density at radius 2 is 2.00 bits per heavy atom. The highest BCUT2D eigenvalue weighted by atomic mass is 16.2. The fraction of sp³-hybridized carbons (Fsp3) is 0.818. The average Bonchev–Trinajstić information content (AvgIpc) is 2.41. The smallest absolute Gasteiger partial charge is 0.310 e. The fourth-order valence-corrected chi connectivity index (χ4v) is 1.89. The highest BCUT2D eigenvalue weighted by molar-refractivity contribution is 6.06. The molecule has 0 aromatic heterocycles. The van der Waals surface area contributed by atoms with Crippen LogP contribution >= 0.6 is 0 Å². The molecule has 1 N–H and O–H groups in total. The van der Waals surface area contributed by atoms with Crippen LogP contribution in [-0.4, -0.2) is 54.5 Å². The van der Waals surface area contributed by atoms with Crippen molar-refractivity contribution in [2.75, 3.05) is 27.2 Å². The number of urea groups is 1. The molecule has 1 fully saturated rings. The van der Waals surface area contributed by atoms with Crippen LogP contribution in [0.4, 0.5) is 4.79 Å². The average molecular weight is 227 g/mol. The molecule has 1 unspecified atom stereocenters. The number of imide groups is 1. The maximum absolute atomic E-state index is 11.7. The van der Waals surface area contributed by atoms with Crippen LogP contribution in [0.3, 0.4) is 0 Å². The molecule has 0 aliphatic carbocycles. The third-order valence-corrected chi connectivity index (χ3v) is 3.23. The molecule has 5 heteroatoms. The molecule has 0 saturated carbocycles. The van der Waals surface area contributed by atoms with E-state index in [9.17, 15) is 9.59 Å². The number of rotatable bonds is 5. The Morgan fingerprint density at radius 1 is 1.38 bits per heavy atom. The summed E-state index contributed by atoms with van der Waals surface area (Å²) in [7, 11) is 3.99. The van der Waals surface area contributed by atoms with E-state index in [4.69, 9.17) is 0 Å². The van der Waals surface area contributed by atoms with Gasteiger partial charge in [0.15, 0.2) is 0 Å². The minimum atomic E-state index is -0.663. The first kappa shape index (κ1) is 13.0. The Morgan fingerprint density at radius 3 is 2.50 bits per heavy atom. The number of carbonyl (C=O) groups excluding carboxylic acids is 2. The SMILES string of the molecule is CCC1(C)C(=O)NC(=O)N1CCCN(C)C. The summed E-state index contributed by atoms with van der Waals surface area (Å²) in [4.78, 5) is 27.0. The number of hydrogen-bond donors (Lipinski definition) is 1. The first-order chi connectivity index (χ1) is 7.41. The predicted octanol–water partition coefficient (Wildman–Crippen LogP) is 0.659.